The van der Waals surface area contributed by atoms with Gasteiger partial charge in [-0.05, 0) is 24.6 Å². The number of thioether (sulfide) groups is 1. The molecule has 2 aromatic carbocycles. The lowest BCUT2D eigenvalue weighted by molar-refractivity contribution is -0.121. The summed E-state index contributed by atoms with van der Waals surface area (Å²) in [6, 6.07) is 17.9. The lowest BCUT2D eigenvalue weighted by Gasteiger charge is -2.36. The van der Waals surface area contributed by atoms with Crippen LogP contribution in [0.4, 0.5) is 5.69 Å². The molecule has 2 saturated heterocycles. The van der Waals surface area contributed by atoms with Gasteiger partial charge in [-0.15, -0.1) is 0 Å². The van der Waals surface area contributed by atoms with Gasteiger partial charge >= 0.3 is 0 Å². The quantitative estimate of drug-likeness (QED) is 0.537. The van der Waals surface area contributed by atoms with Crippen LogP contribution in [0.2, 0.25) is 0 Å². The Labute approximate surface area is 187 Å². The minimum absolute atomic E-state index is 0.156. The molecule has 0 bridgehead atoms. The minimum Gasteiger partial charge on any atom is -0.355 e. The molecule has 0 N–H and O–H groups in total. The van der Waals surface area contributed by atoms with Crippen molar-refractivity contribution in [1.29, 1.82) is 0 Å². The van der Waals surface area contributed by atoms with Crippen LogP contribution in [0.5, 0.6) is 0 Å². The molecule has 30 heavy (non-hydrogen) atoms. The maximum Gasteiger partial charge on any atom is 0.247 e. The number of imide groups is 1. The van der Waals surface area contributed by atoms with Crippen molar-refractivity contribution in [3.63, 3.8) is 0 Å². The smallest absolute Gasteiger partial charge is 0.247 e. The van der Waals surface area contributed by atoms with Gasteiger partial charge in [0.05, 0.1) is 5.69 Å². The van der Waals surface area contributed by atoms with Crippen LogP contribution in [0.3, 0.4) is 0 Å². The predicted octanol–water partition coefficient (Wildman–Crippen LogP) is 3.46. The molecule has 1 atom stereocenters. The van der Waals surface area contributed by atoms with E-state index in [9.17, 15) is 9.59 Å². The Morgan fingerprint density at radius 2 is 1.67 bits per heavy atom. The molecule has 0 saturated carbocycles. The third kappa shape index (κ3) is 4.74. The molecule has 0 aliphatic carbocycles. The van der Waals surface area contributed by atoms with Crippen molar-refractivity contribution in [2.45, 2.75) is 25.1 Å². The first-order valence-electron chi connectivity index (χ1n) is 10.2. The van der Waals surface area contributed by atoms with E-state index in [4.69, 9.17) is 12.2 Å². The zero-order chi connectivity index (χ0) is 21.1. The number of hydrogen-bond donors (Lipinski definition) is 0. The van der Waals surface area contributed by atoms with E-state index in [0.29, 0.717) is 10.0 Å². The third-order valence-corrected chi connectivity index (χ3v) is 7.18. The van der Waals surface area contributed by atoms with E-state index in [-0.39, 0.29) is 18.2 Å². The van der Waals surface area contributed by atoms with Gasteiger partial charge < -0.3 is 4.90 Å². The highest BCUT2D eigenvalue weighted by Gasteiger charge is 2.41. The van der Waals surface area contributed by atoms with Crippen molar-refractivity contribution < 1.29 is 9.59 Å². The summed E-state index contributed by atoms with van der Waals surface area (Å²) >= 11 is 6.99. The van der Waals surface area contributed by atoms with Crippen LogP contribution in [0, 0.1) is 6.92 Å². The van der Waals surface area contributed by atoms with Crippen molar-refractivity contribution in [3.8, 4) is 0 Å². The number of anilines is 1. The number of carbonyl (C=O) groups is 2. The first kappa shape index (κ1) is 21.0. The monoisotopic (exact) mass is 439 g/mol. The number of benzene rings is 2. The molecule has 5 nitrogen and oxygen atoms in total. The first-order valence-corrected chi connectivity index (χ1v) is 11.5. The van der Waals surface area contributed by atoms with Crippen molar-refractivity contribution >= 4 is 45.8 Å². The van der Waals surface area contributed by atoms with Crippen LogP contribution in [-0.4, -0.2) is 57.4 Å². The molecule has 2 amide bonds. The summed E-state index contributed by atoms with van der Waals surface area (Å²) in [5.41, 5.74) is 3.05. The summed E-state index contributed by atoms with van der Waals surface area (Å²) in [5, 5.41) is -0.436. The Morgan fingerprint density at radius 3 is 2.33 bits per heavy atom. The number of carbonyl (C=O) groups excluding carboxylic acids is 2. The molecular formula is C23H25N3O2S2. The number of aryl methyl sites for hydroxylation is 1. The second-order valence-corrected chi connectivity index (χ2v) is 9.56. The van der Waals surface area contributed by atoms with Crippen molar-refractivity contribution in [1.82, 2.24) is 9.80 Å². The minimum atomic E-state index is -0.436. The molecule has 0 aromatic heterocycles. The Balaban J connectivity index is 1.30. The van der Waals surface area contributed by atoms with E-state index in [0.717, 1.165) is 38.3 Å². The van der Waals surface area contributed by atoms with Gasteiger partial charge in [-0.2, -0.15) is 0 Å². The van der Waals surface area contributed by atoms with Crippen molar-refractivity contribution in [3.05, 3.63) is 65.7 Å². The zero-order valence-electron chi connectivity index (χ0n) is 17.0. The maximum atomic E-state index is 12.9. The topological polar surface area (TPSA) is 43.9 Å². The van der Waals surface area contributed by atoms with Gasteiger partial charge in [0.2, 0.25) is 11.8 Å². The summed E-state index contributed by atoms with van der Waals surface area (Å²) in [5.74, 6) is -0.323. The van der Waals surface area contributed by atoms with Crippen LogP contribution >= 0.6 is 24.0 Å². The molecule has 2 aromatic rings. The van der Waals surface area contributed by atoms with Crippen LogP contribution < -0.4 is 4.90 Å². The highest BCUT2D eigenvalue weighted by Crippen LogP contribution is 2.31. The maximum absolute atomic E-state index is 12.9. The highest BCUT2D eigenvalue weighted by molar-refractivity contribution is 8.23. The highest BCUT2D eigenvalue weighted by atomic mass is 32.2. The van der Waals surface area contributed by atoms with E-state index in [1.54, 1.807) is 0 Å². The summed E-state index contributed by atoms with van der Waals surface area (Å²) in [4.78, 5) is 31.2. The molecule has 156 valence electrons. The lowest BCUT2D eigenvalue weighted by Crippen LogP contribution is -2.47. The lowest BCUT2D eigenvalue weighted by atomic mass is 10.2. The van der Waals surface area contributed by atoms with Crippen molar-refractivity contribution in [2.24, 2.45) is 0 Å². The Morgan fingerprint density at radius 1 is 1.00 bits per heavy atom. The Hall–Kier alpha value is -2.22. The van der Waals surface area contributed by atoms with Gasteiger partial charge in [-0.1, -0.05) is 72.0 Å². The average Bonchev–Trinajstić information content (AvgIpc) is 3.03. The molecule has 0 radical (unpaired) electrons. The van der Waals surface area contributed by atoms with Crippen LogP contribution in [0.15, 0.2) is 54.6 Å². The van der Waals surface area contributed by atoms with E-state index >= 15 is 0 Å². The summed E-state index contributed by atoms with van der Waals surface area (Å²) in [6.45, 7) is 6.47. The van der Waals surface area contributed by atoms with E-state index in [2.05, 4.69) is 34.1 Å². The molecule has 2 heterocycles. The van der Waals surface area contributed by atoms with Gasteiger partial charge in [0, 0.05) is 39.1 Å². The number of piperazine rings is 1. The van der Waals surface area contributed by atoms with Gasteiger partial charge in [-0.3, -0.25) is 14.5 Å². The summed E-state index contributed by atoms with van der Waals surface area (Å²) in [7, 11) is 0. The normalized spacial score (nSPS) is 20.1. The SMILES string of the molecule is Cc1ccc(N2C(=O)C[C@H](SC(=S)N3CCN(Cc4ccccc4)CC3)C2=O)cc1. The first-order chi connectivity index (χ1) is 14.5. The average molecular weight is 440 g/mol. The van der Waals surface area contributed by atoms with Gasteiger partial charge in [0.15, 0.2) is 0 Å². The fraction of sp³-hybridized carbons (Fsp3) is 0.348. The van der Waals surface area contributed by atoms with Crippen molar-refractivity contribution in [2.75, 3.05) is 31.1 Å². The Kier molecular flexibility index (Phi) is 6.51. The van der Waals surface area contributed by atoms with Crippen LogP contribution in [0.25, 0.3) is 0 Å². The third-order valence-electron chi connectivity index (χ3n) is 5.52. The molecule has 0 unspecified atom stereocenters. The molecule has 2 fully saturated rings. The summed E-state index contributed by atoms with van der Waals surface area (Å²) < 4.78 is 0.714. The summed E-state index contributed by atoms with van der Waals surface area (Å²) in [6.07, 6.45) is 0.200. The second-order valence-electron chi connectivity index (χ2n) is 7.73. The number of nitrogens with zero attached hydrogens (tertiary/aromatic N) is 3. The zero-order valence-corrected chi connectivity index (χ0v) is 18.6. The number of rotatable bonds is 4. The van der Waals surface area contributed by atoms with Crippen LogP contribution in [-0.2, 0) is 16.1 Å². The molecule has 2 aliphatic heterocycles. The van der Waals surface area contributed by atoms with Gasteiger partial charge in [-0.25, -0.2) is 4.90 Å². The second kappa shape index (κ2) is 9.29. The molecule has 0 spiro atoms. The predicted molar refractivity (Wildman–Crippen MR) is 126 cm³/mol. The van der Waals surface area contributed by atoms with Gasteiger partial charge in [0.1, 0.15) is 9.57 Å². The standard InChI is InChI=1S/C23H25N3O2S2/c1-17-7-9-19(10-8-17)26-21(27)15-20(22(26)28)30-23(29)25-13-11-24(12-14-25)16-18-5-3-2-4-6-18/h2-10,20H,11-16H2,1H3/t20-/m0/s1. The fourth-order valence-electron chi connectivity index (χ4n) is 3.79. The van der Waals surface area contributed by atoms with Crippen LogP contribution in [0.1, 0.15) is 17.5 Å². The van der Waals surface area contributed by atoms with E-state index < -0.39 is 5.25 Å². The van der Waals surface area contributed by atoms with Gasteiger partial charge in [0.25, 0.3) is 0 Å². The molecule has 4 rings (SSSR count). The molecule has 7 heteroatoms. The fourth-order valence-corrected chi connectivity index (χ4v) is 5.33. The number of hydrogen-bond acceptors (Lipinski definition) is 5. The number of thiocarbonyl (C=S) groups is 1. The van der Waals surface area contributed by atoms with E-state index in [1.807, 2.05) is 37.3 Å². The molecule has 2 aliphatic rings. The molecular weight excluding hydrogens is 414 g/mol. The van der Waals surface area contributed by atoms with E-state index in [1.165, 1.54) is 22.2 Å². The largest absolute Gasteiger partial charge is 0.355 e. The number of amides is 2. The Bertz CT molecular complexity index is 925.